The van der Waals surface area contributed by atoms with E-state index in [1.54, 1.807) is 0 Å². The molecular formula is C14H21NO2S. The van der Waals surface area contributed by atoms with Gasteiger partial charge < -0.3 is 5.32 Å². The lowest BCUT2D eigenvalue weighted by atomic mass is 9.89. The quantitative estimate of drug-likeness (QED) is 0.907. The van der Waals surface area contributed by atoms with Crippen LogP contribution in [0.25, 0.3) is 0 Å². The molecule has 2 atom stereocenters. The lowest BCUT2D eigenvalue weighted by Crippen LogP contribution is -2.27. The average molecular weight is 267 g/mol. The highest BCUT2D eigenvalue weighted by atomic mass is 32.2. The van der Waals surface area contributed by atoms with E-state index in [0.29, 0.717) is 11.5 Å². The SMILES string of the molecule is CCc1ccccc1C(NC)C1CCS(=O)(=O)C1. The average Bonchev–Trinajstić information content (AvgIpc) is 2.71. The van der Waals surface area contributed by atoms with Gasteiger partial charge in [-0.25, -0.2) is 8.42 Å². The molecular weight excluding hydrogens is 246 g/mol. The van der Waals surface area contributed by atoms with E-state index in [2.05, 4.69) is 24.4 Å². The molecule has 0 amide bonds. The Labute approximate surface area is 110 Å². The van der Waals surface area contributed by atoms with Crippen molar-refractivity contribution in [2.45, 2.75) is 25.8 Å². The number of sulfone groups is 1. The lowest BCUT2D eigenvalue weighted by Gasteiger charge is -2.24. The maximum atomic E-state index is 11.6. The maximum absolute atomic E-state index is 11.6. The van der Waals surface area contributed by atoms with Gasteiger partial charge in [0.25, 0.3) is 0 Å². The largest absolute Gasteiger partial charge is 0.313 e. The Morgan fingerprint density at radius 1 is 1.39 bits per heavy atom. The van der Waals surface area contributed by atoms with Crippen LogP contribution >= 0.6 is 0 Å². The minimum absolute atomic E-state index is 0.151. The van der Waals surface area contributed by atoms with E-state index in [0.717, 1.165) is 12.8 Å². The Morgan fingerprint density at radius 3 is 2.67 bits per heavy atom. The molecule has 1 aromatic carbocycles. The minimum atomic E-state index is -2.82. The van der Waals surface area contributed by atoms with Gasteiger partial charge in [0.15, 0.2) is 9.84 Å². The topological polar surface area (TPSA) is 46.2 Å². The van der Waals surface area contributed by atoms with Crippen molar-refractivity contribution in [2.75, 3.05) is 18.6 Å². The molecule has 0 aliphatic carbocycles. The third-order valence-electron chi connectivity index (χ3n) is 3.82. The van der Waals surface area contributed by atoms with Crippen LogP contribution in [0.15, 0.2) is 24.3 Å². The molecule has 1 fully saturated rings. The van der Waals surface area contributed by atoms with E-state index in [4.69, 9.17) is 0 Å². The molecule has 100 valence electrons. The van der Waals surface area contributed by atoms with Crippen LogP contribution in [0.3, 0.4) is 0 Å². The lowest BCUT2D eigenvalue weighted by molar-refractivity contribution is 0.416. The van der Waals surface area contributed by atoms with Crippen molar-refractivity contribution in [3.05, 3.63) is 35.4 Å². The second kappa shape index (κ2) is 5.41. The predicted molar refractivity (Wildman–Crippen MR) is 74.4 cm³/mol. The first kappa shape index (κ1) is 13.6. The molecule has 1 N–H and O–H groups in total. The number of nitrogens with one attached hydrogen (secondary N) is 1. The summed E-state index contributed by atoms with van der Waals surface area (Å²) in [7, 11) is -0.899. The van der Waals surface area contributed by atoms with Crippen molar-refractivity contribution in [2.24, 2.45) is 5.92 Å². The van der Waals surface area contributed by atoms with Crippen LogP contribution in [-0.2, 0) is 16.3 Å². The van der Waals surface area contributed by atoms with Crippen LogP contribution < -0.4 is 5.32 Å². The molecule has 1 saturated heterocycles. The van der Waals surface area contributed by atoms with Crippen LogP contribution in [0.1, 0.15) is 30.5 Å². The summed E-state index contributed by atoms with van der Waals surface area (Å²) in [4.78, 5) is 0. The molecule has 18 heavy (non-hydrogen) atoms. The summed E-state index contributed by atoms with van der Waals surface area (Å²) >= 11 is 0. The summed E-state index contributed by atoms with van der Waals surface area (Å²) in [5, 5.41) is 3.31. The highest BCUT2D eigenvalue weighted by Gasteiger charge is 2.34. The highest BCUT2D eigenvalue weighted by molar-refractivity contribution is 7.91. The fourth-order valence-corrected chi connectivity index (χ4v) is 4.73. The van der Waals surface area contributed by atoms with Gasteiger partial charge in [0, 0.05) is 6.04 Å². The monoisotopic (exact) mass is 267 g/mol. The molecule has 0 bridgehead atoms. The zero-order chi connectivity index (χ0) is 13.2. The predicted octanol–water partition coefficient (Wildman–Crippen LogP) is 1.94. The van der Waals surface area contributed by atoms with E-state index >= 15 is 0 Å². The second-order valence-corrected chi connectivity index (χ2v) is 7.21. The van der Waals surface area contributed by atoms with Crippen molar-refractivity contribution < 1.29 is 8.42 Å². The van der Waals surface area contributed by atoms with Crippen LogP contribution in [0, 0.1) is 5.92 Å². The van der Waals surface area contributed by atoms with Gasteiger partial charge in [0.05, 0.1) is 11.5 Å². The summed E-state index contributed by atoms with van der Waals surface area (Å²) in [5.41, 5.74) is 2.56. The Kier molecular flexibility index (Phi) is 4.07. The Balaban J connectivity index is 2.29. The molecule has 0 radical (unpaired) electrons. The molecule has 0 aromatic heterocycles. The molecule has 3 nitrogen and oxygen atoms in total. The van der Waals surface area contributed by atoms with E-state index in [-0.39, 0.29) is 12.0 Å². The zero-order valence-corrected chi connectivity index (χ0v) is 11.8. The minimum Gasteiger partial charge on any atom is -0.313 e. The molecule has 2 unspecified atom stereocenters. The Morgan fingerprint density at radius 2 is 2.11 bits per heavy atom. The first-order valence-corrected chi connectivity index (χ1v) is 8.35. The highest BCUT2D eigenvalue weighted by Crippen LogP contribution is 2.32. The Bertz CT molecular complexity index is 510. The van der Waals surface area contributed by atoms with Gasteiger partial charge in [-0.2, -0.15) is 0 Å². The fourth-order valence-electron chi connectivity index (χ4n) is 2.89. The van der Waals surface area contributed by atoms with E-state index < -0.39 is 9.84 Å². The van der Waals surface area contributed by atoms with E-state index in [9.17, 15) is 8.42 Å². The van der Waals surface area contributed by atoms with Gasteiger partial charge in [0.2, 0.25) is 0 Å². The number of benzene rings is 1. The van der Waals surface area contributed by atoms with Crippen molar-refractivity contribution in [3.63, 3.8) is 0 Å². The van der Waals surface area contributed by atoms with Gasteiger partial charge in [-0.3, -0.25) is 0 Å². The number of hydrogen-bond donors (Lipinski definition) is 1. The smallest absolute Gasteiger partial charge is 0.150 e. The zero-order valence-electron chi connectivity index (χ0n) is 11.0. The summed E-state index contributed by atoms with van der Waals surface area (Å²) in [5.74, 6) is 0.855. The summed E-state index contributed by atoms with van der Waals surface area (Å²) in [6.45, 7) is 2.14. The normalized spacial score (nSPS) is 24.0. The Hall–Kier alpha value is -0.870. The van der Waals surface area contributed by atoms with E-state index in [1.807, 2.05) is 19.2 Å². The number of hydrogen-bond acceptors (Lipinski definition) is 3. The van der Waals surface area contributed by atoms with E-state index in [1.165, 1.54) is 11.1 Å². The maximum Gasteiger partial charge on any atom is 0.150 e. The van der Waals surface area contributed by atoms with Gasteiger partial charge in [-0.05, 0) is 36.9 Å². The van der Waals surface area contributed by atoms with Gasteiger partial charge in [0.1, 0.15) is 0 Å². The van der Waals surface area contributed by atoms with Gasteiger partial charge in [-0.15, -0.1) is 0 Å². The van der Waals surface area contributed by atoms with Crippen LogP contribution in [0.4, 0.5) is 0 Å². The van der Waals surface area contributed by atoms with Crippen LogP contribution in [0.5, 0.6) is 0 Å². The molecule has 2 rings (SSSR count). The summed E-state index contributed by atoms with van der Waals surface area (Å²) < 4.78 is 23.2. The fraction of sp³-hybridized carbons (Fsp3) is 0.571. The summed E-state index contributed by atoms with van der Waals surface area (Å²) in [6, 6.07) is 8.47. The molecule has 0 saturated carbocycles. The summed E-state index contributed by atoms with van der Waals surface area (Å²) in [6.07, 6.45) is 1.75. The van der Waals surface area contributed by atoms with Gasteiger partial charge >= 0.3 is 0 Å². The first-order chi connectivity index (χ1) is 8.57. The number of rotatable bonds is 4. The molecule has 1 aromatic rings. The third kappa shape index (κ3) is 2.75. The van der Waals surface area contributed by atoms with Gasteiger partial charge in [-0.1, -0.05) is 31.2 Å². The third-order valence-corrected chi connectivity index (χ3v) is 5.61. The molecule has 0 spiro atoms. The van der Waals surface area contributed by atoms with Crippen LogP contribution in [-0.4, -0.2) is 27.0 Å². The molecule has 1 aliphatic rings. The first-order valence-electron chi connectivity index (χ1n) is 6.53. The van der Waals surface area contributed by atoms with Crippen molar-refractivity contribution in [3.8, 4) is 0 Å². The number of aryl methyl sites for hydroxylation is 1. The second-order valence-electron chi connectivity index (χ2n) is 4.98. The molecule has 1 heterocycles. The molecule has 4 heteroatoms. The molecule has 1 aliphatic heterocycles. The standard InChI is InChI=1S/C14H21NO2S/c1-3-11-6-4-5-7-13(11)14(15-2)12-8-9-18(16,17)10-12/h4-7,12,14-15H,3,8-10H2,1-2H3. The van der Waals surface area contributed by atoms with Crippen molar-refractivity contribution in [1.29, 1.82) is 0 Å². The van der Waals surface area contributed by atoms with Crippen LogP contribution in [0.2, 0.25) is 0 Å². The van der Waals surface area contributed by atoms with Crippen molar-refractivity contribution >= 4 is 9.84 Å². The van der Waals surface area contributed by atoms with Crippen molar-refractivity contribution in [1.82, 2.24) is 5.32 Å².